The quantitative estimate of drug-likeness (QED) is 0.697. The molecule has 0 unspecified atom stereocenters. The minimum atomic E-state index is -0.201. The number of piperidine rings is 1. The second-order valence-electron chi connectivity index (χ2n) is 6.37. The van der Waals surface area contributed by atoms with E-state index in [1.165, 1.54) is 0 Å². The zero-order valence-corrected chi connectivity index (χ0v) is 14.1. The predicted octanol–water partition coefficient (Wildman–Crippen LogP) is 0.337. The molecule has 1 aromatic heterocycles. The van der Waals surface area contributed by atoms with Gasteiger partial charge in [-0.05, 0) is 37.1 Å². The Hall–Kier alpha value is -2.45. The minimum absolute atomic E-state index is 0.0817. The molecular weight excluding hydrogens is 320 g/mol. The number of hydrogen-bond acceptors (Lipinski definition) is 6. The fourth-order valence-corrected chi connectivity index (χ4v) is 3.13. The number of hydrogen-bond donors (Lipinski definition) is 3. The van der Waals surface area contributed by atoms with Crippen LogP contribution >= 0.6 is 0 Å². The smallest absolute Gasteiger partial charge is 0.273 e. The van der Waals surface area contributed by atoms with Gasteiger partial charge in [0.15, 0.2) is 5.69 Å². The third-order valence-electron chi connectivity index (χ3n) is 4.29. The molecule has 1 saturated heterocycles. The van der Waals surface area contributed by atoms with Crippen LogP contribution < -0.4 is 11.1 Å². The zero-order chi connectivity index (χ0) is 17.6. The number of nitrogens with zero attached hydrogens (tertiary/aromatic N) is 4. The first-order chi connectivity index (χ1) is 12.1. The summed E-state index contributed by atoms with van der Waals surface area (Å²) < 4.78 is 1.57. The van der Waals surface area contributed by atoms with Gasteiger partial charge in [0.1, 0.15) is 5.75 Å². The van der Waals surface area contributed by atoms with E-state index in [1.54, 1.807) is 23.0 Å². The predicted molar refractivity (Wildman–Crippen MR) is 92.9 cm³/mol. The Labute approximate surface area is 146 Å². The average Bonchev–Trinajstić information content (AvgIpc) is 3.04. The molecule has 1 fully saturated rings. The van der Waals surface area contributed by atoms with Gasteiger partial charge in [0.05, 0.1) is 12.7 Å². The van der Waals surface area contributed by atoms with Gasteiger partial charge < -0.3 is 16.2 Å². The molecule has 8 nitrogen and oxygen atoms in total. The van der Waals surface area contributed by atoms with Gasteiger partial charge in [0.2, 0.25) is 0 Å². The van der Waals surface area contributed by atoms with E-state index in [0.29, 0.717) is 18.8 Å². The molecule has 134 valence electrons. The van der Waals surface area contributed by atoms with E-state index in [9.17, 15) is 9.90 Å². The van der Waals surface area contributed by atoms with Crippen LogP contribution in [0.2, 0.25) is 0 Å². The van der Waals surface area contributed by atoms with Crippen molar-refractivity contribution in [2.75, 3.05) is 19.6 Å². The van der Waals surface area contributed by atoms with Gasteiger partial charge in [-0.2, -0.15) is 0 Å². The summed E-state index contributed by atoms with van der Waals surface area (Å²) in [4.78, 5) is 14.6. The van der Waals surface area contributed by atoms with Crippen molar-refractivity contribution in [3.63, 3.8) is 0 Å². The molecule has 2 aromatic rings. The number of phenols is 1. The first-order valence-corrected chi connectivity index (χ1v) is 8.55. The molecule has 1 aromatic carbocycles. The summed E-state index contributed by atoms with van der Waals surface area (Å²) in [6.07, 6.45) is 3.58. The van der Waals surface area contributed by atoms with E-state index in [4.69, 9.17) is 5.73 Å². The summed E-state index contributed by atoms with van der Waals surface area (Å²) in [6.45, 7) is 3.51. The number of nitrogens with two attached hydrogens (primary N) is 1. The van der Waals surface area contributed by atoms with Crippen molar-refractivity contribution in [1.82, 2.24) is 25.2 Å². The molecule has 8 heteroatoms. The fourth-order valence-electron chi connectivity index (χ4n) is 3.13. The summed E-state index contributed by atoms with van der Waals surface area (Å²) >= 11 is 0. The van der Waals surface area contributed by atoms with Crippen LogP contribution in [0.4, 0.5) is 0 Å². The normalized spacial score (nSPS) is 18.2. The maximum absolute atomic E-state index is 12.3. The van der Waals surface area contributed by atoms with Crippen molar-refractivity contribution in [2.45, 2.75) is 32.0 Å². The maximum Gasteiger partial charge on any atom is 0.273 e. The maximum atomic E-state index is 12.3. The highest BCUT2D eigenvalue weighted by atomic mass is 16.3. The molecule has 1 atom stereocenters. The van der Waals surface area contributed by atoms with Crippen LogP contribution in [-0.4, -0.2) is 56.6 Å². The van der Waals surface area contributed by atoms with E-state index >= 15 is 0 Å². The summed E-state index contributed by atoms with van der Waals surface area (Å²) in [5.41, 5.74) is 6.86. The Morgan fingerprint density at radius 1 is 1.44 bits per heavy atom. The Bertz CT molecular complexity index is 717. The molecule has 1 aliphatic heterocycles. The van der Waals surface area contributed by atoms with Gasteiger partial charge in [0.25, 0.3) is 5.91 Å². The third-order valence-corrected chi connectivity index (χ3v) is 4.29. The van der Waals surface area contributed by atoms with Crippen LogP contribution in [0.3, 0.4) is 0 Å². The summed E-state index contributed by atoms with van der Waals surface area (Å²) in [7, 11) is 0. The lowest BCUT2D eigenvalue weighted by atomic mass is 10.0. The van der Waals surface area contributed by atoms with Crippen LogP contribution in [0, 0.1) is 0 Å². The van der Waals surface area contributed by atoms with Crippen molar-refractivity contribution in [3.05, 3.63) is 41.7 Å². The second kappa shape index (κ2) is 8.09. The average molecular weight is 344 g/mol. The largest absolute Gasteiger partial charge is 0.508 e. The minimum Gasteiger partial charge on any atom is -0.508 e. The van der Waals surface area contributed by atoms with Crippen molar-refractivity contribution in [1.29, 1.82) is 0 Å². The van der Waals surface area contributed by atoms with Gasteiger partial charge in [-0.3, -0.25) is 14.4 Å². The molecule has 0 aliphatic carbocycles. The number of nitrogens with one attached hydrogen (secondary N) is 1. The first kappa shape index (κ1) is 17.4. The van der Waals surface area contributed by atoms with Crippen LogP contribution in [0.25, 0.3) is 0 Å². The number of phenolic OH excluding ortho intramolecular Hbond substituents is 1. The number of aromatic hydroxyl groups is 1. The Morgan fingerprint density at radius 2 is 2.32 bits per heavy atom. The number of likely N-dealkylation sites (tertiary alicyclic amines) is 1. The lowest BCUT2D eigenvalue weighted by Crippen LogP contribution is -2.47. The topological polar surface area (TPSA) is 109 Å². The number of amides is 1. The molecule has 4 N–H and O–H groups in total. The van der Waals surface area contributed by atoms with Crippen molar-refractivity contribution >= 4 is 5.91 Å². The standard InChI is InChI=1S/C17H24N6O2/c18-6-8-23-12-16(20-21-23)17(25)19-14-4-2-7-22(11-14)10-13-3-1-5-15(24)9-13/h1,3,5,9,12,14,24H,2,4,6-8,10-11,18H2,(H,19,25)/t14-/m0/s1. The first-order valence-electron chi connectivity index (χ1n) is 8.55. The second-order valence-corrected chi connectivity index (χ2v) is 6.37. The molecule has 1 amide bonds. The number of rotatable bonds is 6. The zero-order valence-electron chi connectivity index (χ0n) is 14.1. The molecule has 0 radical (unpaired) electrons. The number of carbonyl (C=O) groups excluding carboxylic acids is 1. The summed E-state index contributed by atoms with van der Waals surface area (Å²) in [5, 5.41) is 20.4. The molecule has 0 bridgehead atoms. The highest BCUT2D eigenvalue weighted by Crippen LogP contribution is 2.17. The van der Waals surface area contributed by atoms with Gasteiger partial charge in [-0.25, -0.2) is 0 Å². The number of aromatic nitrogens is 3. The highest BCUT2D eigenvalue weighted by molar-refractivity contribution is 5.92. The fraction of sp³-hybridized carbons (Fsp3) is 0.471. The van der Waals surface area contributed by atoms with Crippen molar-refractivity contribution in [3.8, 4) is 5.75 Å². The SMILES string of the molecule is NCCn1cc(C(=O)N[C@H]2CCCN(Cc3cccc(O)c3)C2)nn1. The van der Waals surface area contributed by atoms with Crippen LogP contribution in [0.15, 0.2) is 30.5 Å². The number of carbonyl (C=O) groups is 1. The van der Waals surface area contributed by atoms with Crippen LogP contribution in [0.1, 0.15) is 28.9 Å². The Morgan fingerprint density at radius 3 is 3.12 bits per heavy atom. The van der Waals surface area contributed by atoms with Crippen LogP contribution in [0.5, 0.6) is 5.75 Å². The van der Waals surface area contributed by atoms with Gasteiger partial charge in [-0.1, -0.05) is 17.3 Å². The van der Waals surface area contributed by atoms with Gasteiger partial charge in [0, 0.05) is 25.7 Å². The van der Waals surface area contributed by atoms with Gasteiger partial charge >= 0.3 is 0 Å². The third kappa shape index (κ3) is 4.77. The molecule has 0 saturated carbocycles. The lowest BCUT2D eigenvalue weighted by Gasteiger charge is -2.33. The lowest BCUT2D eigenvalue weighted by molar-refractivity contribution is 0.0895. The molecule has 3 rings (SSSR count). The molecular formula is C17H24N6O2. The van der Waals surface area contributed by atoms with Gasteiger partial charge in [-0.15, -0.1) is 5.10 Å². The Balaban J connectivity index is 1.54. The van der Waals surface area contributed by atoms with Crippen molar-refractivity contribution < 1.29 is 9.90 Å². The molecule has 2 heterocycles. The van der Waals surface area contributed by atoms with E-state index in [0.717, 1.165) is 38.0 Å². The van der Waals surface area contributed by atoms with E-state index in [-0.39, 0.29) is 17.7 Å². The van der Waals surface area contributed by atoms with E-state index in [1.807, 2.05) is 12.1 Å². The monoisotopic (exact) mass is 344 g/mol. The van der Waals surface area contributed by atoms with E-state index in [2.05, 4.69) is 20.5 Å². The summed E-state index contributed by atoms with van der Waals surface area (Å²) in [5.74, 6) is 0.0763. The Kier molecular flexibility index (Phi) is 5.62. The number of benzene rings is 1. The molecule has 1 aliphatic rings. The van der Waals surface area contributed by atoms with Crippen molar-refractivity contribution in [2.24, 2.45) is 5.73 Å². The highest BCUT2D eigenvalue weighted by Gasteiger charge is 2.23. The van der Waals surface area contributed by atoms with Crippen LogP contribution in [-0.2, 0) is 13.1 Å². The molecule has 0 spiro atoms. The summed E-state index contributed by atoms with van der Waals surface area (Å²) in [6, 6.07) is 7.37. The van der Waals surface area contributed by atoms with E-state index < -0.39 is 0 Å². The molecule has 25 heavy (non-hydrogen) atoms.